The van der Waals surface area contributed by atoms with Crippen molar-refractivity contribution in [2.24, 2.45) is 0 Å². The van der Waals surface area contributed by atoms with Crippen molar-refractivity contribution in [1.29, 1.82) is 0 Å². The molecule has 0 N–H and O–H groups in total. The lowest BCUT2D eigenvalue weighted by Crippen LogP contribution is -2.12. The number of ketones is 1. The minimum atomic E-state index is -0.374. The van der Waals surface area contributed by atoms with Crippen LogP contribution in [0.2, 0.25) is 0 Å². The van der Waals surface area contributed by atoms with E-state index in [1.54, 1.807) is 13.0 Å². The summed E-state index contributed by atoms with van der Waals surface area (Å²) < 4.78 is 4.71. The van der Waals surface area contributed by atoms with Crippen LogP contribution in [0.3, 0.4) is 0 Å². The summed E-state index contributed by atoms with van der Waals surface area (Å²) in [5, 5.41) is 0. The van der Waals surface area contributed by atoms with E-state index in [9.17, 15) is 9.59 Å². The van der Waals surface area contributed by atoms with Crippen molar-refractivity contribution in [1.82, 2.24) is 0 Å². The van der Waals surface area contributed by atoms with Crippen molar-refractivity contribution >= 4 is 11.8 Å². The molecule has 0 saturated heterocycles. The van der Waals surface area contributed by atoms with Crippen LogP contribution in [0, 0.1) is 0 Å². The number of rotatable bonds is 2. The third-order valence-corrected chi connectivity index (χ3v) is 3.27. The zero-order valence-corrected chi connectivity index (χ0v) is 10.2. The fourth-order valence-corrected chi connectivity index (χ4v) is 2.42. The van der Waals surface area contributed by atoms with Crippen LogP contribution in [-0.2, 0) is 17.6 Å². The molecule has 0 unspecified atom stereocenters. The van der Waals surface area contributed by atoms with Crippen molar-refractivity contribution in [3.8, 4) is 0 Å². The lowest BCUT2D eigenvalue weighted by atomic mass is 9.85. The van der Waals surface area contributed by atoms with E-state index in [1.165, 1.54) is 7.11 Å². The van der Waals surface area contributed by atoms with Gasteiger partial charge in [-0.3, -0.25) is 4.79 Å². The van der Waals surface area contributed by atoms with Gasteiger partial charge in [0.2, 0.25) is 0 Å². The van der Waals surface area contributed by atoms with Gasteiger partial charge >= 0.3 is 5.97 Å². The number of carbonyl (C=O) groups excluding carboxylic acids is 2. The molecule has 3 nitrogen and oxygen atoms in total. The summed E-state index contributed by atoms with van der Waals surface area (Å²) in [5.41, 5.74) is 3.42. The van der Waals surface area contributed by atoms with E-state index in [0.29, 0.717) is 11.1 Å². The summed E-state index contributed by atoms with van der Waals surface area (Å²) in [4.78, 5) is 23.2. The van der Waals surface area contributed by atoms with Gasteiger partial charge in [0.25, 0.3) is 0 Å². The Hall–Kier alpha value is -1.64. The number of methoxy groups -OCH3 is 1. The van der Waals surface area contributed by atoms with Crippen molar-refractivity contribution in [3.05, 3.63) is 34.4 Å². The highest BCUT2D eigenvalue weighted by molar-refractivity contribution is 5.99. The Bertz CT molecular complexity index is 475. The molecule has 0 atom stereocenters. The third kappa shape index (κ3) is 2.23. The number of Topliss-reactive ketones (excluding diaryl/α,β-unsaturated/α-hetero) is 1. The molecule has 1 aliphatic rings. The number of benzene rings is 1. The first-order valence-electron chi connectivity index (χ1n) is 5.88. The Labute approximate surface area is 101 Å². The Morgan fingerprint density at radius 3 is 2.53 bits per heavy atom. The normalized spacial score (nSPS) is 14.0. The average Bonchev–Trinajstić information content (AvgIpc) is 2.36. The molecular formula is C14H16O3. The number of ether oxygens (including phenoxy) is 1. The number of fused-ring (bicyclic) bond motifs is 1. The predicted octanol–water partition coefficient (Wildman–Crippen LogP) is 2.55. The zero-order valence-electron chi connectivity index (χ0n) is 10.2. The van der Waals surface area contributed by atoms with Crippen molar-refractivity contribution in [3.63, 3.8) is 0 Å². The molecule has 0 aliphatic heterocycles. The van der Waals surface area contributed by atoms with E-state index in [0.717, 1.165) is 36.8 Å². The van der Waals surface area contributed by atoms with E-state index in [1.807, 2.05) is 6.07 Å². The van der Waals surface area contributed by atoms with Gasteiger partial charge in [-0.1, -0.05) is 0 Å². The van der Waals surface area contributed by atoms with E-state index >= 15 is 0 Å². The summed E-state index contributed by atoms with van der Waals surface area (Å²) in [6, 6.07) is 3.53. The molecule has 0 bridgehead atoms. The number of aryl methyl sites for hydroxylation is 1. The van der Waals surface area contributed by atoms with Crippen LogP contribution in [-0.4, -0.2) is 18.9 Å². The lowest BCUT2D eigenvalue weighted by molar-refractivity contribution is 0.0600. The Balaban J connectivity index is 2.56. The van der Waals surface area contributed by atoms with Gasteiger partial charge < -0.3 is 4.74 Å². The molecule has 17 heavy (non-hydrogen) atoms. The second-order valence-electron chi connectivity index (χ2n) is 4.42. The quantitative estimate of drug-likeness (QED) is 0.581. The Morgan fingerprint density at radius 2 is 1.88 bits per heavy atom. The molecule has 1 aromatic carbocycles. The minimum absolute atomic E-state index is 0.0221. The van der Waals surface area contributed by atoms with Gasteiger partial charge in [-0.05, 0) is 55.9 Å². The minimum Gasteiger partial charge on any atom is -0.465 e. The summed E-state index contributed by atoms with van der Waals surface area (Å²) in [5.74, 6) is -0.352. The monoisotopic (exact) mass is 232 g/mol. The van der Waals surface area contributed by atoms with E-state index in [2.05, 4.69) is 0 Å². The van der Waals surface area contributed by atoms with Crippen molar-refractivity contribution in [2.45, 2.75) is 32.6 Å². The number of carbonyl (C=O) groups is 2. The maximum absolute atomic E-state index is 11.6. The number of esters is 1. The maximum Gasteiger partial charge on any atom is 0.337 e. The molecule has 2 rings (SSSR count). The first-order valence-corrected chi connectivity index (χ1v) is 5.88. The van der Waals surface area contributed by atoms with Crippen molar-refractivity contribution < 1.29 is 14.3 Å². The molecule has 0 radical (unpaired) electrons. The first-order chi connectivity index (χ1) is 8.13. The molecule has 0 heterocycles. The highest BCUT2D eigenvalue weighted by Gasteiger charge is 2.19. The van der Waals surface area contributed by atoms with Gasteiger partial charge in [0.05, 0.1) is 12.7 Å². The van der Waals surface area contributed by atoms with E-state index in [4.69, 9.17) is 4.74 Å². The lowest BCUT2D eigenvalue weighted by Gasteiger charge is -2.19. The number of hydrogen-bond donors (Lipinski definition) is 0. The van der Waals surface area contributed by atoms with Crippen LogP contribution in [0.15, 0.2) is 12.1 Å². The fourth-order valence-electron chi connectivity index (χ4n) is 2.42. The van der Waals surface area contributed by atoms with Crippen LogP contribution in [0.1, 0.15) is 51.6 Å². The molecule has 0 spiro atoms. The summed E-state index contributed by atoms with van der Waals surface area (Å²) in [7, 11) is 1.36. The molecule has 1 aromatic rings. The van der Waals surface area contributed by atoms with E-state index < -0.39 is 0 Å². The van der Waals surface area contributed by atoms with Crippen LogP contribution in [0.4, 0.5) is 0 Å². The Morgan fingerprint density at radius 1 is 1.18 bits per heavy atom. The third-order valence-electron chi connectivity index (χ3n) is 3.27. The van der Waals surface area contributed by atoms with Crippen LogP contribution in [0.25, 0.3) is 0 Å². The summed E-state index contributed by atoms with van der Waals surface area (Å²) in [6.07, 6.45) is 4.12. The maximum atomic E-state index is 11.6. The Kier molecular flexibility index (Phi) is 3.27. The average molecular weight is 232 g/mol. The molecule has 1 aliphatic carbocycles. The molecule has 0 aromatic heterocycles. The van der Waals surface area contributed by atoms with Gasteiger partial charge in [-0.25, -0.2) is 4.79 Å². The number of hydrogen-bond acceptors (Lipinski definition) is 3. The summed E-state index contributed by atoms with van der Waals surface area (Å²) in [6.45, 7) is 1.55. The largest absolute Gasteiger partial charge is 0.465 e. The van der Waals surface area contributed by atoms with Gasteiger partial charge in [-0.15, -0.1) is 0 Å². The van der Waals surface area contributed by atoms with Gasteiger partial charge in [0.1, 0.15) is 0 Å². The fraction of sp³-hybridized carbons (Fsp3) is 0.429. The zero-order chi connectivity index (χ0) is 12.4. The highest BCUT2D eigenvalue weighted by atomic mass is 16.5. The second kappa shape index (κ2) is 4.70. The van der Waals surface area contributed by atoms with Crippen molar-refractivity contribution in [2.75, 3.05) is 7.11 Å². The first kappa shape index (κ1) is 11.8. The molecular weight excluding hydrogens is 216 g/mol. The molecule has 0 fully saturated rings. The second-order valence-corrected chi connectivity index (χ2v) is 4.42. The predicted molar refractivity (Wildman–Crippen MR) is 64.4 cm³/mol. The van der Waals surface area contributed by atoms with E-state index in [-0.39, 0.29) is 11.8 Å². The van der Waals surface area contributed by atoms with Crippen LogP contribution < -0.4 is 0 Å². The van der Waals surface area contributed by atoms with Crippen LogP contribution >= 0.6 is 0 Å². The highest BCUT2D eigenvalue weighted by Crippen LogP contribution is 2.26. The van der Waals surface area contributed by atoms with Gasteiger partial charge in [-0.2, -0.15) is 0 Å². The van der Waals surface area contributed by atoms with Gasteiger partial charge in [0.15, 0.2) is 5.78 Å². The molecule has 0 amide bonds. The molecule has 90 valence electrons. The SMILES string of the molecule is COC(=O)c1cc2c(c(C(C)=O)c1)CCCC2. The smallest absolute Gasteiger partial charge is 0.337 e. The van der Waals surface area contributed by atoms with Gasteiger partial charge in [0, 0.05) is 5.56 Å². The standard InChI is InChI=1S/C14H16O3/c1-9(15)13-8-11(14(16)17-2)7-10-5-3-4-6-12(10)13/h7-8H,3-6H2,1-2H3. The molecule has 3 heteroatoms. The van der Waals surface area contributed by atoms with Crippen LogP contribution in [0.5, 0.6) is 0 Å². The summed E-state index contributed by atoms with van der Waals surface area (Å²) >= 11 is 0. The molecule has 0 saturated carbocycles. The topological polar surface area (TPSA) is 43.4 Å².